The lowest BCUT2D eigenvalue weighted by atomic mass is 9.95. The van der Waals surface area contributed by atoms with Gasteiger partial charge in [-0.05, 0) is 85.1 Å². The Morgan fingerprint density at radius 3 is 2.54 bits per heavy atom. The average Bonchev–Trinajstić information content (AvgIpc) is 3.21. The Morgan fingerprint density at radius 1 is 1.17 bits per heavy atom. The minimum atomic E-state index is -1.09. The van der Waals surface area contributed by atoms with Crippen molar-refractivity contribution in [2.45, 2.75) is 39.8 Å². The molecule has 0 saturated carbocycles. The maximum atomic E-state index is 13.9. The smallest absolute Gasteiger partial charge is 0.341 e. The molecule has 1 aliphatic rings. The van der Waals surface area contributed by atoms with E-state index in [0.29, 0.717) is 47.9 Å². The van der Waals surface area contributed by atoms with Gasteiger partial charge in [-0.1, -0.05) is 23.5 Å². The van der Waals surface area contributed by atoms with Gasteiger partial charge in [0.25, 0.3) is 5.56 Å². The number of aromatic nitrogens is 1. The third-order valence-electron chi connectivity index (χ3n) is 5.99. The van der Waals surface area contributed by atoms with Crippen LogP contribution in [0.5, 0.6) is 17.2 Å². The first-order valence-corrected chi connectivity index (χ1v) is 14.3. The lowest BCUT2D eigenvalue weighted by Crippen LogP contribution is -2.40. The first-order valence-electron chi connectivity index (χ1n) is 12.7. The lowest BCUT2D eigenvalue weighted by molar-refractivity contribution is -0.140. The molecule has 2 aromatic carbocycles. The Bertz CT molecular complexity index is 1710. The number of aliphatic carboxylic acids is 1. The topological polar surface area (TPSA) is 126 Å². The molecule has 1 aliphatic heterocycles. The van der Waals surface area contributed by atoms with Crippen molar-refractivity contribution in [3.63, 3.8) is 0 Å². The van der Waals surface area contributed by atoms with Gasteiger partial charge in [-0.2, -0.15) is 0 Å². The van der Waals surface area contributed by atoms with E-state index in [9.17, 15) is 14.4 Å². The number of halogens is 1. The van der Waals surface area contributed by atoms with Crippen molar-refractivity contribution >= 4 is 45.3 Å². The van der Waals surface area contributed by atoms with Crippen LogP contribution in [0.2, 0.25) is 0 Å². The van der Waals surface area contributed by atoms with Crippen LogP contribution < -0.4 is 29.1 Å². The first kappa shape index (κ1) is 30.1. The molecule has 216 valence electrons. The van der Waals surface area contributed by atoms with Gasteiger partial charge in [0, 0.05) is 0 Å². The molecule has 0 radical (unpaired) electrons. The van der Waals surface area contributed by atoms with Crippen LogP contribution in [0.4, 0.5) is 0 Å². The molecule has 0 amide bonds. The molecule has 10 nitrogen and oxygen atoms in total. The molecule has 4 rings (SSSR count). The van der Waals surface area contributed by atoms with Crippen molar-refractivity contribution < 1.29 is 33.6 Å². The number of carbonyl (C=O) groups is 2. The second kappa shape index (κ2) is 12.7. The zero-order valence-corrected chi connectivity index (χ0v) is 25.5. The fourth-order valence-electron chi connectivity index (χ4n) is 4.33. The number of nitrogens with zero attached hydrogens (tertiary/aromatic N) is 2. The fourth-order valence-corrected chi connectivity index (χ4v) is 5.88. The predicted molar refractivity (Wildman–Crippen MR) is 156 cm³/mol. The van der Waals surface area contributed by atoms with Crippen LogP contribution in [0.1, 0.15) is 44.9 Å². The summed E-state index contributed by atoms with van der Waals surface area (Å²) >= 11 is 4.58. The number of thiazole rings is 1. The summed E-state index contributed by atoms with van der Waals surface area (Å²) in [4.78, 5) is 42.9. The van der Waals surface area contributed by atoms with Crippen LogP contribution >= 0.6 is 27.3 Å². The largest absolute Gasteiger partial charge is 0.493 e. The number of benzene rings is 2. The lowest BCUT2D eigenvalue weighted by Gasteiger charge is -2.25. The van der Waals surface area contributed by atoms with Gasteiger partial charge in [-0.3, -0.25) is 9.36 Å². The molecule has 0 fully saturated rings. The number of fused-ring (bicyclic) bond motifs is 1. The molecule has 0 spiro atoms. The molecule has 41 heavy (non-hydrogen) atoms. The Morgan fingerprint density at radius 2 is 1.90 bits per heavy atom. The third-order valence-corrected chi connectivity index (χ3v) is 7.59. The molecular weight excluding hydrogens is 616 g/mol. The highest BCUT2D eigenvalue weighted by molar-refractivity contribution is 9.10. The van der Waals surface area contributed by atoms with Gasteiger partial charge in [0.2, 0.25) is 0 Å². The van der Waals surface area contributed by atoms with Crippen molar-refractivity contribution in [2.75, 3.05) is 20.3 Å². The van der Waals surface area contributed by atoms with Crippen LogP contribution in [0, 0.1) is 0 Å². The van der Waals surface area contributed by atoms with E-state index in [2.05, 4.69) is 20.9 Å². The quantitative estimate of drug-likeness (QED) is 0.330. The van der Waals surface area contributed by atoms with Gasteiger partial charge < -0.3 is 24.1 Å². The summed E-state index contributed by atoms with van der Waals surface area (Å²) in [6, 6.07) is 9.55. The van der Waals surface area contributed by atoms with Crippen molar-refractivity contribution in [1.29, 1.82) is 0 Å². The monoisotopic (exact) mass is 644 g/mol. The Hall–Kier alpha value is -3.90. The molecule has 2 heterocycles. The summed E-state index contributed by atoms with van der Waals surface area (Å²) in [5, 5.41) is 8.87. The van der Waals surface area contributed by atoms with Gasteiger partial charge >= 0.3 is 11.9 Å². The van der Waals surface area contributed by atoms with Crippen molar-refractivity contribution in [1.82, 2.24) is 4.57 Å². The van der Waals surface area contributed by atoms with Gasteiger partial charge in [-0.25, -0.2) is 14.6 Å². The van der Waals surface area contributed by atoms with Crippen molar-refractivity contribution in [3.8, 4) is 17.2 Å². The summed E-state index contributed by atoms with van der Waals surface area (Å²) in [6.45, 7) is 6.94. The summed E-state index contributed by atoms with van der Waals surface area (Å²) in [7, 11) is 1.53. The van der Waals surface area contributed by atoms with E-state index < -0.39 is 24.6 Å². The number of hydrogen-bond acceptors (Lipinski definition) is 9. The molecule has 0 unspecified atom stereocenters. The zero-order chi connectivity index (χ0) is 29.8. The minimum absolute atomic E-state index is 0.0810. The molecule has 1 N–H and O–H groups in total. The van der Waals surface area contributed by atoms with Gasteiger partial charge in [0.1, 0.15) is 5.75 Å². The minimum Gasteiger partial charge on any atom is -0.493 e. The van der Waals surface area contributed by atoms with Crippen LogP contribution in [0.25, 0.3) is 6.08 Å². The first-order chi connectivity index (χ1) is 19.5. The molecule has 1 aromatic heterocycles. The van der Waals surface area contributed by atoms with Gasteiger partial charge in [0.05, 0.1) is 46.1 Å². The Balaban J connectivity index is 1.86. The normalized spacial score (nSPS) is 14.9. The van der Waals surface area contributed by atoms with E-state index in [1.165, 1.54) is 23.0 Å². The van der Waals surface area contributed by atoms with E-state index in [-0.39, 0.29) is 23.8 Å². The Labute approximate surface area is 248 Å². The number of hydrogen-bond donors (Lipinski definition) is 1. The Kier molecular flexibility index (Phi) is 9.34. The standard InChI is InChI=1S/C29H29BrN2O8S/c1-6-38-28(36)25-16(4)31-29-32(26(25)18-8-10-21(40-15(2)3)22(13-18)37-5)27(35)23(41-29)12-17-7-9-20(19(30)11-17)39-14-24(33)34/h7-13,15,26H,6,14H2,1-5H3,(H,33,34)/b23-12-/t26-/m1/s1. The van der Waals surface area contributed by atoms with Crippen molar-refractivity contribution in [2.24, 2.45) is 4.99 Å². The highest BCUT2D eigenvalue weighted by atomic mass is 79.9. The highest BCUT2D eigenvalue weighted by Gasteiger charge is 2.34. The molecular formula is C29H29BrN2O8S. The molecule has 12 heteroatoms. The number of rotatable bonds is 10. The van der Waals surface area contributed by atoms with E-state index in [1.807, 2.05) is 13.8 Å². The molecule has 0 saturated heterocycles. The number of ether oxygens (including phenoxy) is 4. The average molecular weight is 646 g/mol. The number of carboxylic acid groups (broad SMARTS) is 1. The molecule has 3 aromatic rings. The SMILES string of the molecule is CCOC(=O)C1=C(C)N=c2s/c(=C\c3ccc(OCC(=O)O)c(Br)c3)c(=O)n2[C@@H]1c1ccc(OC(C)C)c(OC)c1. The summed E-state index contributed by atoms with van der Waals surface area (Å²) < 4.78 is 24.5. The summed E-state index contributed by atoms with van der Waals surface area (Å²) in [6.07, 6.45) is 1.62. The summed E-state index contributed by atoms with van der Waals surface area (Å²) in [5.74, 6) is -0.284. The predicted octanol–water partition coefficient (Wildman–Crippen LogP) is 3.82. The molecule has 0 aliphatic carbocycles. The zero-order valence-electron chi connectivity index (χ0n) is 23.1. The van der Waals surface area contributed by atoms with E-state index in [0.717, 1.165) is 0 Å². The maximum Gasteiger partial charge on any atom is 0.341 e. The van der Waals surface area contributed by atoms with E-state index >= 15 is 0 Å². The number of carboxylic acids is 1. The second-order valence-electron chi connectivity index (χ2n) is 9.25. The second-order valence-corrected chi connectivity index (χ2v) is 11.1. The van der Waals surface area contributed by atoms with Crippen LogP contribution in [-0.2, 0) is 14.3 Å². The highest BCUT2D eigenvalue weighted by Crippen LogP contribution is 2.36. The van der Waals surface area contributed by atoms with Gasteiger partial charge in [-0.15, -0.1) is 0 Å². The van der Waals surface area contributed by atoms with E-state index in [4.69, 9.17) is 24.1 Å². The number of methoxy groups -OCH3 is 1. The van der Waals surface area contributed by atoms with Crippen molar-refractivity contribution in [3.05, 3.63) is 83.0 Å². The van der Waals surface area contributed by atoms with Gasteiger partial charge in [0.15, 0.2) is 22.9 Å². The number of esters is 1. The molecule has 1 atom stereocenters. The van der Waals surface area contributed by atoms with Crippen LogP contribution in [0.15, 0.2) is 61.9 Å². The fraction of sp³-hybridized carbons (Fsp3) is 0.310. The third kappa shape index (κ3) is 6.54. The van der Waals surface area contributed by atoms with Crippen LogP contribution in [0.3, 0.4) is 0 Å². The van der Waals surface area contributed by atoms with Crippen LogP contribution in [-0.4, -0.2) is 48.0 Å². The molecule has 0 bridgehead atoms. The number of allylic oxidation sites excluding steroid dienone is 1. The number of carbonyl (C=O) groups excluding carboxylic acids is 1. The van der Waals surface area contributed by atoms with E-state index in [1.54, 1.807) is 56.3 Å². The maximum absolute atomic E-state index is 13.9. The summed E-state index contributed by atoms with van der Waals surface area (Å²) in [5.41, 5.74) is 1.68.